The smallest absolute Gasteiger partial charge is 0.324 e. The fraction of sp³-hybridized carbons (Fsp3) is 0.714. The summed E-state index contributed by atoms with van der Waals surface area (Å²) in [5.74, 6) is -3.29. The molecule has 0 saturated heterocycles. The molecule has 166 valence electrons. The number of nitrogens with two attached hydrogens (primary N) is 2. The van der Waals surface area contributed by atoms with Gasteiger partial charge in [-0.1, -0.05) is 11.6 Å². The summed E-state index contributed by atoms with van der Waals surface area (Å²) in [4.78, 5) is 26.1. The second-order valence-electron chi connectivity index (χ2n) is 6.33. The first-order chi connectivity index (χ1) is 13.5. The van der Waals surface area contributed by atoms with Crippen molar-refractivity contribution in [2.24, 2.45) is 11.5 Å². The Bertz CT molecular complexity index is 783. The van der Waals surface area contributed by atoms with Gasteiger partial charge in [-0.3, -0.25) is 9.59 Å². The highest BCUT2D eigenvalue weighted by atomic mass is 32.2. The van der Waals surface area contributed by atoms with Crippen molar-refractivity contribution in [1.82, 2.24) is 19.6 Å². The van der Waals surface area contributed by atoms with Crippen molar-refractivity contribution in [1.29, 1.82) is 0 Å². The summed E-state index contributed by atoms with van der Waals surface area (Å²) in [6.45, 7) is 1.57. The molecule has 14 nitrogen and oxygen atoms in total. The highest BCUT2D eigenvalue weighted by Crippen LogP contribution is 2.20. The maximum absolute atomic E-state index is 12.2. The van der Waals surface area contributed by atoms with Crippen LogP contribution in [0.1, 0.15) is 56.4 Å². The summed E-state index contributed by atoms with van der Waals surface area (Å²) >= 11 is 0. The molecular weight excluding hydrogens is 412 g/mol. The van der Waals surface area contributed by atoms with Gasteiger partial charge >= 0.3 is 11.9 Å². The first kappa shape index (κ1) is 24.9. The Kier molecular flexibility index (Phi) is 9.54. The predicted octanol–water partition coefficient (Wildman–Crippen LogP) is -2.03. The van der Waals surface area contributed by atoms with Crippen LogP contribution in [-0.4, -0.2) is 64.5 Å². The second kappa shape index (κ2) is 11.1. The number of carboxylic acid groups (broad SMARTS) is 2. The molecule has 1 aromatic heterocycles. The van der Waals surface area contributed by atoms with Crippen LogP contribution in [-0.2, 0) is 19.8 Å². The quantitative estimate of drug-likeness (QED) is 0.155. The molecule has 0 spiro atoms. The van der Waals surface area contributed by atoms with Gasteiger partial charge in [0, 0.05) is 0 Å². The van der Waals surface area contributed by atoms with Crippen LogP contribution in [0.2, 0.25) is 0 Å². The summed E-state index contributed by atoms with van der Waals surface area (Å²) in [5, 5.41) is 31.1. The predicted molar refractivity (Wildman–Crippen MR) is 97.4 cm³/mol. The van der Waals surface area contributed by atoms with Gasteiger partial charge in [-0.25, -0.2) is 0 Å². The van der Waals surface area contributed by atoms with Crippen molar-refractivity contribution >= 4 is 22.1 Å². The number of carbonyl (C=O) groups is 2. The number of hydrogen-bond donors (Lipinski definition) is 7. The number of hydrogen-bond acceptors (Lipinski definition) is 10. The molecule has 0 aliphatic rings. The Morgan fingerprint density at radius 1 is 1.24 bits per heavy atom. The van der Waals surface area contributed by atoms with E-state index < -0.39 is 52.8 Å². The fourth-order valence-corrected chi connectivity index (χ4v) is 3.53. The number of unbranched alkanes of at least 4 members (excludes halogenated alkanes) is 1. The van der Waals surface area contributed by atoms with E-state index in [1.54, 1.807) is 4.72 Å². The zero-order valence-corrected chi connectivity index (χ0v) is 16.5. The zero-order valence-electron chi connectivity index (χ0n) is 15.7. The normalized spacial score (nSPS) is 16.1. The number of aliphatic hydroxyl groups is 1. The van der Waals surface area contributed by atoms with Crippen LogP contribution < -0.4 is 20.9 Å². The number of aliphatic carboxylic acids is 2. The van der Waals surface area contributed by atoms with Gasteiger partial charge in [0.15, 0.2) is 5.82 Å². The first-order valence-corrected chi connectivity index (χ1v) is 10.2. The van der Waals surface area contributed by atoms with Crippen molar-refractivity contribution in [2.45, 2.75) is 56.8 Å². The third-order valence-electron chi connectivity index (χ3n) is 3.76. The van der Waals surface area contributed by atoms with Crippen LogP contribution in [0.5, 0.6) is 0 Å². The van der Waals surface area contributed by atoms with E-state index in [1.165, 1.54) is 0 Å². The molecule has 0 saturated carbocycles. The summed E-state index contributed by atoms with van der Waals surface area (Å²) in [5.41, 5.74) is 11.3. The van der Waals surface area contributed by atoms with Gasteiger partial charge in [-0.2, -0.15) is 22.8 Å². The van der Waals surface area contributed by atoms with Crippen LogP contribution in [0.3, 0.4) is 0 Å². The van der Waals surface area contributed by atoms with Gasteiger partial charge in [0.1, 0.15) is 12.1 Å². The van der Waals surface area contributed by atoms with E-state index >= 15 is 0 Å². The molecule has 0 radical (unpaired) electrons. The fourth-order valence-electron chi connectivity index (χ4n) is 2.27. The standard InChI is InChI=1S/C14H26N6O8S/c1-7(21)11(14(24)25)20-29(26,27)19-9(6-10(22)23)13-17-12(18-28-13)8(16)4-2-3-5-15/h7-9,11,19-21H,2-6,15-16H2,1H3,(H,22,23)(H,24,25)/t7?,8-,9-,11?/m0/s1. The Balaban J connectivity index is 2.97. The maximum atomic E-state index is 12.2. The second-order valence-corrected chi connectivity index (χ2v) is 7.81. The summed E-state index contributed by atoms with van der Waals surface area (Å²) in [6, 6.07) is -3.97. The topological polar surface area (TPSA) is 244 Å². The summed E-state index contributed by atoms with van der Waals surface area (Å²) in [6.07, 6.45) is -0.394. The van der Waals surface area contributed by atoms with Gasteiger partial charge in [-0.15, -0.1) is 0 Å². The van der Waals surface area contributed by atoms with E-state index in [4.69, 9.17) is 26.2 Å². The monoisotopic (exact) mass is 438 g/mol. The molecule has 0 fully saturated rings. The Hall–Kier alpha value is -2.17. The molecule has 0 amide bonds. The lowest BCUT2D eigenvalue weighted by atomic mass is 10.1. The molecule has 29 heavy (non-hydrogen) atoms. The van der Waals surface area contributed by atoms with E-state index in [2.05, 4.69) is 10.1 Å². The van der Waals surface area contributed by atoms with E-state index in [0.29, 0.717) is 19.4 Å². The first-order valence-electron chi connectivity index (χ1n) is 8.68. The highest BCUT2D eigenvalue weighted by Gasteiger charge is 2.32. The third kappa shape index (κ3) is 8.38. The SMILES string of the molecule is CC(O)C(NS(=O)(=O)N[C@@H](CC(=O)O)c1nc([C@@H](N)CCCCN)no1)C(=O)O. The molecular formula is C14H26N6O8S. The molecule has 1 aromatic rings. The molecule has 0 aromatic carbocycles. The molecule has 1 rings (SSSR count). The van der Waals surface area contributed by atoms with Crippen LogP contribution >= 0.6 is 0 Å². The molecule has 0 bridgehead atoms. The molecule has 0 aliphatic heterocycles. The molecule has 1 heterocycles. The number of carboxylic acids is 2. The highest BCUT2D eigenvalue weighted by molar-refractivity contribution is 7.87. The van der Waals surface area contributed by atoms with Crippen LogP contribution in [0.4, 0.5) is 0 Å². The van der Waals surface area contributed by atoms with Crippen LogP contribution in [0.15, 0.2) is 4.52 Å². The van der Waals surface area contributed by atoms with Gasteiger partial charge < -0.3 is 31.3 Å². The van der Waals surface area contributed by atoms with Crippen LogP contribution in [0, 0.1) is 0 Å². The molecule has 9 N–H and O–H groups in total. The molecule has 0 aliphatic carbocycles. The average molecular weight is 438 g/mol. The Labute approximate surface area is 166 Å². The van der Waals surface area contributed by atoms with E-state index in [9.17, 15) is 23.1 Å². The minimum absolute atomic E-state index is 0.0620. The van der Waals surface area contributed by atoms with Gasteiger partial charge in [0.05, 0.1) is 18.6 Å². The van der Waals surface area contributed by atoms with Crippen LogP contribution in [0.25, 0.3) is 0 Å². The summed E-state index contributed by atoms with van der Waals surface area (Å²) < 4.78 is 33.0. The van der Waals surface area contributed by atoms with Gasteiger partial charge in [0.2, 0.25) is 5.89 Å². The molecule has 2 unspecified atom stereocenters. The lowest BCUT2D eigenvalue weighted by Crippen LogP contribution is -2.52. The largest absolute Gasteiger partial charge is 0.481 e. The minimum atomic E-state index is -4.57. The molecule has 4 atom stereocenters. The van der Waals surface area contributed by atoms with Gasteiger partial charge in [0.25, 0.3) is 10.2 Å². The van der Waals surface area contributed by atoms with E-state index in [0.717, 1.165) is 13.3 Å². The maximum Gasteiger partial charge on any atom is 0.324 e. The van der Waals surface area contributed by atoms with Crippen molar-refractivity contribution in [2.75, 3.05) is 6.54 Å². The number of nitrogens with one attached hydrogen (secondary N) is 2. The van der Waals surface area contributed by atoms with Crippen molar-refractivity contribution in [3.63, 3.8) is 0 Å². The lowest BCUT2D eigenvalue weighted by Gasteiger charge is -2.19. The van der Waals surface area contributed by atoms with E-state index in [1.807, 2.05) is 4.72 Å². The van der Waals surface area contributed by atoms with Gasteiger partial charge in [-0.05, 0) is 26.3 Å². The number of aliphatic hydroxyl groups excluding tert-OH is 1. The minimum Gasteiger partial charge on any atom is -0.481 e. The number of nitrogens with zero attached hydrogens (tertiary/aromatic N) is 2. The van der Waals surface area contributed by atoms with Crippen molar-refractivity contribution < 1.29 is 37.8 Å². The average Bonchev–Trinajstić information content (AvgIpc) is 3.08. The lowest BCUT2D eigenvalue weighted by molar-refractivity contribution is -0.141. The van der Waals surface area contributed by atoms with Crippen molar-refractivity contribution in [3.05, 3.63) is 11.7 Å². The number of aromatic nitrogens is 2. The molecule has 15 heteroatoms. The van der Waals surface area contributed by atoms with E-state index in [-0.39, 0.29) is 11.7 Å². The third-order valence-corrected chi connectivity index (χ3v) is 4.92. The van der Waals surface area contributed by atoms with Crippen molar-refractivity contribution in [3.8, 4) is 0 Å². The Morgan fingerprint density at radius 3 is 2.41 bits per heavy atom. The number of rotatable bonds is 14. The zero-order chi connectivity index (χ0) is 22.2. The summed E-state index contributed by atoms with van der Waals surface area (Å²) in [7, 11) is -4.57. The Morgan fingerprint density at radius 2 is 1.90 bits per heavy atom.